The van der Waals surface area contributed by atoms with E-state index in [1.165, 1.54) is 29.8 Å². The Morgan fingerprint density at radius 2 is 1.50 bits per heavy atom. The molecule has 0 aliphatic carbocycles. The van der Waals surface area contributed by atoms with Gasteiger partial charge in [0.05, 0.1) is 11.7 Å². The van der Waals surface area contributed by atoms with Gasteiger partial charge in [0, 0.05) is 31.0 Å². The summed E-state index contributed by atoms with van der Waals surface area (Å²) in [6, 6.07) is 15.5. The van der Waals surface area contributed by atoms with E-state index in [9.17, 15) is 9.59 Å². The van der Waals surface area contributed by atoms with Gasteiger partial charge in [0.2, 0.25) is 0 Å². The fourth-order valence-corrected chi connectivity index (χ4v) is 4.52. The molecule has 2 aromatic carbocycles. The molecule has 2 amide bonds. The van der Waals surface area contributed by atoms with Gasteiger partial charge in [-0.1, -0.05) is 26.0 Å². The lowest BCUT2D eigenvalue weighted by molar-refractivity contribution is -0.137. The summed E-state index contributed by atoms with van der Waals surface area (Å²) in [6.07, 6.45) is 3.80. The first kappa shape index (κ1) is 23.9. The van der Waals surface area contributed by atoms with Crippen molar-refractivity contribution in [2.75, 3.05) is 29.9 Å². The molecule has 0 aromatic heterocycles. The average Bonchev–Trinajstić information content (AvgIpc) is 3.04. The van der Waals surface area contributed by atoms with Crippen molar-refractivity contribution in [2.24, 2.45) is 5.92 Å². The summed E-state index contributed by atoms with van der Waals surface area (Å²) >= 11 is 0. The first-order chi connectivity index (χ1) is 16.3. The van der Waals surface area contributed by atoms with Crippen molar-refractivity contribution in [1.29, 1.82) is 0 Å². The molecule has 34 heavy (non-hydrogen) atoms. The van der Waals surface area contributed by atoms with E-state index >= 15 is 0 Å². The monoisotopic (exact) mass is 461 g/mol. The molecule has 6 heteroatoms. The topological polar surface area (TPSA) is 61.9 Å². The van der Waals surface area contributed by atoms with Crippen molar-refractivity contribution in [3.63, 3.8) is 0 Å². The summed E-state index contributed by atoms with van der Waals surface area (Å²) in [5.41, 5.74) is 3.42. The Labute approximate surface area is 202 Å². The molecule has 1 N–H and O–H groups in total. The van der Waals surface area contributed by atoms with Gasteiger partial charge >= 0.3 is 0 Å². The van der Waals surface area contributed by atoms with Crippen LogP contribution in [0.4, 0.5) is 11.4 Å². The number of anilines is 2. The van der Waals surface area contributed by atoms with Crippen LogP contribution in [0.3, 0.4) is 0 Å². The summed E-state index contributed by atoms with van der Waals surface area (Å²) in [6.45, 7) is 10.5. The Bertz CT molecular complexity index is 1050. The summed E-state index contributed by atoms with van der Waals surface area (Å²) < 4.78 is 5.74. The van der Waals surface area contributed by atoms with Gasteiger partial charge < -0.3 is 15.0 Å². The first-order valence-corrected chi connectivity index (χ1v) is 12.3. The van der Waals surface area contributed by atoms with E-state index in [1.54, 1.807) is 0 Å². The molecule has 6 nitrogen and oxygen atoms in total. The van der Waals surface area contributed by atoms with E-state index < -0.39 is 0 Å². The maximum absolute atomic E-state index is 13.3. The van der Waals surface area contributed by atoms with Crippen LogP contribution in [0.1, 0.15) is 52.5 Å². The number of carbonyl (C=O) groups excluding carboxylic acids is 2. The number of benzene rings is 2. The number of carbonyl (C=O) groups is 2. The molecule has 0 unspecified atom stereocenters. The summed E-state index contributed by atoms with van der Waals surface area (Å²) in [5, 5.41) is 3.27. The highest BCUT2D eigenvalue weighted by Gasteiger charge is 2.39. The Morgan fingerprint density at radius 3 is 2.09 bits per heavy atom. The van der Waals surface area contributed by atoms with Gasteiger partial charge in [0.1, 0.15) is 11.4 Å². The number of hydrogen-bond donors (Lipinski definition) is 1. The average molecular weight is 462 g/mol. The number of piperidine rings is 1. The van der Waals surface area contributed by atoms with Crippen LogP contribution in [0.15, 0.2) is 54.2 Å². The maximum atomic E-state index is 13.3. The molecule has 0 saturated carbocycles. The lowest BCUT2D eigenvalue weighted by Gasteiger charge is -2.28. The zero-order chi connectivity index (χ0) is 24.2. The van der Waals surface area contributed by atoms with E-state index in [0.717, 1.165) is 24.5 Å². The molecule has 4 rings (SSSR count). The standard InChI is InChI=1S/C28H35N3O3/c1-19(2)18-31-27(32)25(21-8-14-24(15-9-21)34-20(3)4)26(28(31)33)29-22-10-12-23(13-11-22)30-16-6-5-7-17-30/h8-15,19-20,29H,5-7,16-18H2,1-4H3. The molecule has 0 atom stereocenters. The highest BCUT2D eigenvalue weighted by Crippen LogP contribution is 2.32. The molecule has 1 saturated heterocycles. The van der Waals surface area contributed by atoms with Crippen molar-refractivity contribution in [3.05, 3.63) is 59.8 Å². The Balaban J connectivity index is 1.63. The van der Waals surface area contributed by atoms with E-state index in [0.29, 0.717) is 23.4 Å². The minimum atomic E-state index is -0.281. The third-order valence-corrected chi connectivity index (χ3v) is 6.09. The molecular formula is C28H35N3O3. The quantitative estimate of drug-likeness (QED) is 0.540. The molecule has 1 fully saturated rings. The Hall–Kier alpha value is -3.28. The van der Waals surface area contributed by atoms with Crippen LogP contribution >= 0.6 is 0 Å². The normalized spacial score (nSPS) is 16.8. The maximum Gasteiger partial charge on any atom is 0.278 e. The molecule has 0 bridgehead atoms. The number of ether oxygens (including phenoxy) is 1. The van der Waals surface area contributed by atoms with Gasteiger partial charge in [-0.2, -0.15) is 0 Å². The third kappa shape index (κ3) is 5.27. The largest absolute Gasteiger partial charge is 0.491 e. The van der Waals surface area contributed by atoms with Crippen LogP contribution in [0.25, 0.3) is 5.57 Å². The molecule has 2 aliphatic rings. The first-order valence-electron chi connectivity index (χ1n) is 12.3. The number of rotatable bonds is 8. The lowest BCUT2D eigenvalue weighted by Crippen LogP contribution is -2.35. The van der Waals surface area contributed by atoms with Gasteiger partial charge in [0.25, 0.3) is 11.8 Å². The minimum absolute atomic E-state index is 0.0615. The molecule has 2 aliphatic heterocycles. The minimum Gasteiger partial charge on any atom is -0.491 e. The second-order valence-corrected chi connectivity index (χ2v) is 9.78. The number of nitrogens with one attached hydrogen (secondary N) is 1. The molecule has 0 radical (unpaired) electrons. The number of hydrogen-bond acceptors (Lipinski definition) is 5. The zero-order valence-corrected chi connectivity index (χ0v) is 20.6. The fourth-order valence-electron chi connectivity index (χ4n) is 4.52. The van der Waals surface area contributed by atoms with Crippen molar-refractivity contribution in [3.8, 4) is 5.75 Å². The Morgan fingerprint density at radius 1 is 0.853 bits per heavy atom. The Kier molecular flexibility index (Phi) is 7.25. The highest BCUT2D eigenvalue weighted by atomic mass is 16.5. The number of nitrogens with zero attached hydrogens (tertiary/aromatic N) is 2. The zero-order valence-electron chi connectivity index (χ0n) is 20.6. The molecule has 180 valence electrons. The van der Waals surface area contributed by atoms with Gasteiger partial charge in [-0.3, -0.25) is 14.5 Å². The second-order valence-electron chi connectivity index (χ2n) is 9.78. The number of imide groups is 1. The third-order valence-electron chi connectivity index (χ3n) is 6.09. The van der Waals surface area contributed by atoms with E-state index in [2.05, 4.69) is 22.3 Å². The van der Waals surface area contributed by atoms with E-state index in [1.807, 2.05) is 64.1 Å². The second kappa shape index (κ2) is 10.3. The predicted octanol–water partition coefficient (Wildman–Crippen LogP) is 5.31. The predicted molar refractivity (Wildman–Crippen MR) is 137 cm³/mol. The van der Waals surface area contributed by atoms with Gasteiger partial charge in [0.15, 0.2) is 0 Å². The van der Waals surface area contributed by atoms with Crippen LogP contribution in [0.2, 0.25) is 0 Å². The molecule has 2 heterocycles. The SMILES string of the molecule is CC(C)CN1C(=O)C(Nc2ccc(N3CCCCC3)cc2)=C(c2ccc(OC(C)C)cc2)C1=O. The van der Waals surface area contributed by atoms with E-state index in [-0.39, 0.29) is 23.8 Å². The van der Waals surface area contributed by atoms with Crippen molar-refractivity contribution >= 4 is 28.8 Å². The van der Waals surface area contributed by atoms with Crippen LogP contribution < -0.4 is 15.0 Å². The van der Waals surface area contributed by atoms with Crippen molar-refractivity contribution < 1.29 is 14.3 Å². The molecular weight excluding hydrogens is 426 g/mol. The summed E-state index contributed by atoms with van der Waals surface area (Å²) in [5.74, 6) is 0.372. The summed E-state index contributed by atoms with van der Waals surface area (Å²) in [4.78, 5) is 30.4. The molecule has 0 spiro atoms. The van der Waals surface area contributed by atoms with Crippen molar-refractivity contribution in [1.82, 2.24) is 4.90 Å². The number of amides is 2. The van der Waals surface area contributed by atoms with Gasteiger partial charge in [-0.05, 0) is 81.0 Å². The van der Waals surface area contributed by atoms with Gasteiger partial charge in [-0.15, -0.1) is 0 Å². The fraction of sp³-hybridized carbons (Fsp3) is 0.429. The summed E-state index contributed by atoms with van der Waals surface area (Å²) in [7, 11) is 0. The highest BCUT2D eigenvalue weighted by molar-refractivity contribution is 6.36. The van der Waals surface area contributed by atoms with Crippen molar-refractivity contribution in [2.45, 2.75) is 53.1 Å². The van der Waals surface area contributed by atoms with Crippen LogP contribution in [0.5, 0.6) is 5.75 Å². The van der Waals surface area contributed by atoms with Crippen LogP contribution in [-0.4, -0.2) is 42.5 Å². The van der Waals surface area contributed by atoms with Crippen LogP contribution in [-0.2, 0) is 9.59 Å². The molecule has 2 aromatic rings. The van der Waals surface area contributed by atoms with Crippen LogP contribution in [0, 0.1) is 5.92 Å². The lowest BCUT2D eigenvalue weighted by atomic mass is 10.0. The van der Waals surface area contributed by atoms with Gasteiger partial charge in [-0.25, -0.2) is 0 Å². The smallest absolute Gasteiger partial charge is 0.278 e. The van der Waals surface area contributed by atoms with E-state index in [4.69, 9.17) is 4.74 Å².